The van der Waals surface area contributed by atoms with Gasteiger partial charge in [0.05, 0.1) is 5.69 Å². The number of anilines is 1. The molecule has 18 heavy (non-hydrogen) atoms. The van der Waals surface area contributed by atoms with E-state index >= 15 is 0 Å². The van der Waals surface area contributed by atoms with Crippen LogP contribution in [0.1, 0.15) is 31.2 Å². The fourth-order valence-corrected chi connectivity index (χ4v) is 2.81. The van der Waals surface area contributed by atoms with Crippen LogP contribution in [-0.4, -0.2) is 18.3 Å². The van der Waals surface area contributed by atoms with Crippen molar-refractivity contribution in [3.63, 3.8) is 0 Å². The standard InChI is InChI=1S/C14H21FN2O/c1-16-13-5-2-10(3-6-13)8-11-9-12(15)4-7-14(11)17-18/h4,7,9-10,13,16-18H,2-3,5-6,8H2,1H3. The van der Waals surface area contributed by atoms with Gasteiger partial charge in [-0.3, -0.25) is 10.7 Å². The Kier molecular flexibility index (Phi) is 4.55. The van der Waals surface area contributed by atoms with Crippen LogP contribution in [0, 0.1) is 11.7 Å². The summed E-state index contributed by atoms with van der Waals surface area (Å²) in [6.07, 6.45) is 5.51. The first kappa shape index (κ1) is 13.3. The van der Waals surface area contributed by atoms with Crippen LogP contribution >= 0.6 is 0 Å². The zero-order chi connectivity index (χ0) is 13.0. The van der Waals surface area contributed by atoms with Crippen LogP contribution in [0.15, 0.2) is 18.2 Å². The molecule has 0 aliphatic heterocycles. The van der Waals surface area contributed by atoms with Gasteiger partial charge in [0, 0.05) is 6.04 Å². The highest BCUT2D eigenvalue weighted by Gasteiger charge is 2.21. The summed E-state index contributed by atoms with van der Waals surface area (Å²) < 4.78 is 13.2. The quantitative estimate of drug-likeness (QED) is 0.722. The van der Waals surface area contributed by atoms with Gasteiger partial charge in [0.2, 0.25) is 0 Å². The zero-order valence-corrected chi connectivity index (χ0v) is 10.7. The largest absolute Gasteiger partial charge is 0.317 e. The first-order chi connectivity index (χ1) is 8.72. The van der Waals surface area contributed by atoms with Gasteiger partial charge in [-0.2, -0.15) is 0 Å². The maximum absolute atomic E-state index is 13.2. The topological polar surface area (TPSA) is 44.3 Å². The number of benzene rings is 1. The predicted molar refractivity (Wildman–Crippen MR) is 70.3 cm³/mol. The number of rotatable bonds is 4. The summed E-state index contributed by atoms with van der Waals surface area (Å²) in [6, 6.07) is 5.09. The molecule has 0 heterocycles. The molecule has 1 saturated carbocycles. The van der Waals surface area contributed by atoms with E-state index in [0.29, 0.717) is 17.6 Å². The molecule has 1 aromatic rings. The highest BCUT2D eigenvalue weighted by molar-refractivity contribution is 5.49. The lowest BCUT2D eigenvalue weighted by atomic mass is 9.82. The van der Waals surface area contributed by atoms with Crippen molar-refractivity contribution in [3.05, 3.63) is 29.6 Å². The summed E-state index contributed by atoms with van der Waals surface area (Å²) in [5.41, 5.74) is 3.64. The van der Waals surface area contributed by atoms with Gasteiger partial charge in [-0.05, 0) is 68.8 Å². The third kappa shape index (κ3) is 3.21. The van der Waals surface area contributed by atoms with E-state index in [4.69, 9.17) is 5.21 Å². The van der Waals surface area contributed by atoms with Crippen molar-refractivity contribution < 1.29 is 9.60 Å². The summed E-state index contributed by atoms with van der Waals surface area (Å²) in [4.78, 5) is 0. The van der Waals surface area contributed by atoms with Crippen molar-refractivity contribution in [1.82, 2.24) is 5.32 Å². The molecule has 100 valence electrons. The molecule has 1 fully saturated rings. The molecule has 1 aliphatic rings. The highest BCUT2D eigenvalue weighted by Crippen LogP contribution is 2.29. The maximum Gasteiger partial charge on any atom is 0.123 e. The van der Waals surface area contributed by atoms with Gasteiger partial charge in [-0.25, -0.2) is 4.39 Å². The lowest BCUT2D eigenvalue weighted by Gasteiger charge is -2.28. The van der Waals surface area contributed by atoms with E-state index in [1.165, 1.54) is 25.0 Å². The highest BCUT2D eigenvalue weighted by atomic mass is 19.1. The van der Waals surface area contributed by atoms with Crippen LogP contribution in [-0.2, 0) is 6.42 Å². The first-order valence-corrected chi connectivity index (χ1v) is 6.58. The second kappa shape index (κ2) is 6.16. The average molecular weight is 252 g/mol. The number of nitrogens with one attached hydrogen (secondary N) is 2. The third-order valence-electron chi connectivity index (χ3n) is 3.95. The predicted octanol–water partition coefficient (Wildman–Crippen LogP) is 2.95. The number of halogens is 1. The van der Waals surface area contributed by atoms with Crippen LogP contribution in [0.5, 0.6) is 0 Å². The smallest absolute Gasteiger partial charge is 0.123 e. The Bertz CT molecular complexity index is 389. The Morgan fingerprint density at radius 1 is 1.28 bits per heavy atom. The van der Waals surface area contributed by atoms with Crippen molar-refractivity contribution in [2.24, 2.45) is 5.92 Å². The Morgan fingerprint density at radius 3 is 2.61 bits per heavy atom. The van der Waals surface area contributed by atoms with Crippen molar-refractivity contribution in [2.45, 2.75) is 38.1 Å². The molecule has 0 bridgehead atoms. The fourth-order valence-electron chi connectivity index (χ4n) is 2.81. The summed E-state index contributed by atoms with van der Waals surface area (Å²) in [5.74, 6) is 0.344. The molecule has 3 N–H and O–H groups in total. The normalized spacial score (nSPS) is 23.9. The molecule has 0 radical (unpaired) electrons. The van der Waals surface area contributed by atoms with Crippen LogP contribution in [0.25, 0.3) is 0 Å². The Morgan fingerprint density at radius 2 is 2.00 bits per heavy atom. The summed E-state index contributed by atoms with van der Waals surface area (Å²) in [5, 5.41) is 12.3. The van der Waals surface area contributed by atoms with Crippen molar-refractivity contribution in [2.75, 3.05) is 12.5 Å². The van der Waals surface area contributed by atoms with Gasteiger partial charge >= 0.3 is 0 Å². The van der Waals surface area contributed by atoms with E-state index in [1.807, 2.05) is 7.05 Å². The molecule has 3 nitrogen and oxygen atoms in total. The van der Waals surface area contributed by atoms with E-state index in [2.05, 4.69) is 10.8 Å². The maximum atomic E-state index is 13.2. The molecule has 1 aliphatic carbocycles. The monoisotopic (exact) mass is 252 g/mol. The minimum absolute atomic E-state index is 0.243. The molecular formula is C14H21FN2O. The van der Waals surface area contributed by atoms with Gasteiger partial charge in [-0.15, -0.1) is 0 Å². The Labute approximate surface area is 107 Å². The molecule has 2 rings (SSSR count). The third-order valence-corrected chi connectivity index (χ3v) is 3.95. The van der Waals surface area contributed by atoms with E-state index in [0.717, 1.165) is 24.8 Å². The number of hydrogen-bond acceptors (Lipinski definition) is 3. The van der Waals surface area contributed by atoms with Gasteiger partial charge in [-0.1, -0.05) is 0 Å². The van der Waals surface area contributed by atoms with E-state index in [1.54, 1.807) is 6.07 Å². The van der Waals surface area contributed by atoms with Gasteiger partial charge in [0.15, 0.2) is 0 Å². The van der Waals surface area contributed by atoms with E-state index in [9.17, 15) is 4.39 Å². The molecule has 0 saturated heterocycles. The molecule has 0 aromatic heterocycles. The minimum atomic E-state index is -0.243. The molecule has 0 atom stereocenters. The lowest BCUT2D eigenvalue weighted by Crippen LogP contribution is -2.30. The fraction of sp³-hybridized carbons (Fsp3) is 0.571. The van der Waals surface area contributed by atoms with Gasteiger partial charge < -0.3 is 5.32 Å². The number of hydrogen-bond donors (Lipinski definition) is 3. The van der Waals surface area contributed by atoms with Crippen molar-refractivity contribution in [1.29, 1.82) is 0 Å². The van der Waals surface area contributed by atoms with Gasteiger partial charge in [0.25, 0.3) is 0 Å². The van der Waals surface area contributed by atoms with Crippen LogP contribution in [0.3, 0.4) is 0 Å². The Hall–Kier alpha value is -1.13. The van der Waals surface area contributed by atoms with E-state index < -0.39 is 0 Å². The summed E-state index contributed by atoms with van der Waals surface area (Å²) in [7, 11) is 2.01. The van der Waals surface area contributed by atoms with Crippen molar-refractivity contribution in [3.8, 4) is 0 Å². The molecule has 1 aromatic carbocycles. The lowest BCUT2D eigenvalue weighted by molar-refractivity contribution is 0.300. The zero-order valence-electron chi connectivity index (χ0n) is 10.7. The minimum Gasteiger partial charge on any atom is -0.317 e. The second-order valence-corrected chi connectivity index (χ2v) is 5.12. The Balaban J connectivity index is 1.99. The molecule has 0 amide bonds. The summed E-state index contributed by atoms with van der Waals surface area (Å²) in [6.45, 7) is 0. The first-order valence-electron chi connectivity index (χ1n) is 6.58. The second-order valence-electron chi connectivity index (χ2n) is 5.12. The van der Waals surface area contributed by atoms with Crippen molar-refractivity contribution >= 4 is 5.69 Å². The van der Waals surface area contributed by atoms with Crippen LogP contribution < -0.4 is 10.8 Å². The molecule has 4 heteroatoms. The van der Waals surface area contributed by atoms with Crippen LogP contribution in [0.4, 0.5) is 10.1 Å². The molecular weight excluding hydrogens is 231 g/mol. The molecule has 0 unspecified atom stereocenters. The summed E-state index contributed by atoms with van der Waals surface area (Å²) >= 11 is 0. The SMILES string of the molecule is CNC1CCC(Cc2cc(F)ccc2NO)CC1. The van der Waals surface area contributed by atoms with Gasteiger partial charge in [0.1, 0.15) is 5.82 Å². The average Bonchev–Trinajstić information content (AvgIpc) is 2.40. The van der Waals surface area contributed by atoms with Crippen LogP contribution in [0.2, 0.25) is 0 Å². The molecule has 0 spiro atoms. The van der Waals surface area contributed by atoms with E-state index in [-0.39, 0.29) is 5.82 Å².